The molecule has 2 aromatic rings. The molecule has 3 rings (SSSR count). The number of phenols is 1. The van der Waals surface area contributed by atoms with Gasteiger partial charge in [-0.3, -0.25) is 14.4 Å². The maximum absolute atomic E-state index is 12.6. The van der Waals surface area contributed by atoms with Crippen LogP contribution in [0.15, 0.2) is 42.5 Å². The molecule has 140 valence electrons. The van der Waals surface area contributed by atoms with Crippen LogP contribution in [0.3, 0.4) is 0 Å². The molecule has 1 aliphatic heterocycles. The Morgan fingerprint density at radius 1 is 1.19 bits per heavy atom. The minimum absolute atomic E-state index is 0.0981. The number of aryl methyl sites for hydroxylation is 2. The molecule has 1 fully saturated rings. The Morgan fingerprint density at radius 3 is 2.52 bits per heavy atom. The van der Waals surface area contributed by atoms with Gasteiger partial charge in [-0.2, -0.15) is 0 Å². The summed E-state index contributed by atoms with van der Waals surface area (Å²) in [4.78, 5) is 38.4. The van der Waals surface area contributed by atoms with Gasteiger partial charge in [0.2, 0.25) is 11.8 Å². The molecule has 1 heterocycles. The summed E-state index contributed by atoms with van der Waals surface area (Å²) in [5.41, 5.74) is 2.91. The van der Waals surface area contributed by atoms with Crippen LogP contribution < -0.4 is 10.2 Å². The number of aromatic hydroxyl groups is 1. The topological polar surface area (TPSA) is 86.7 Å². The normalized spacial score (nSPS) is 16.7. The van der Waals surface area contributed by atoms with Crippen LogP contribution in [0, 0.1) is 6.92 Å². The molecular weight excluding hydrogens is 364 g/mol. The lowest BCUT2D eigenvalue weighted by molar-refractivity contribution is -0.121. The minimum atomic E-state index is -0.749. The van der Waals surface area contributed by atoms with Crippen molar-refractivity contribution in [1.82, 2.24) is 0 Å². The maximum atomic E-state index is 12.6. The highest BCUT2D eigenvalue weighted by Crippen LogP contribution is 2.34. The number of amides is 3. The summed E-state index contributed by atoms with van der Waals surface area (Å²) >= 11 is 0.869. The smallest absolute Gasteiger partial charge is 0.293 e. The van der Waals surface area contributed by atoms with E-state index in [0.29, 0.717) is 16.9 Å². The van der Waals surface area contributed by atoms with E-state index in [0.717, 1.165) is 28.6 Å². The van der Waals surface area contributed by atoms with Gasteiger partial charge >= 0.3 is 0 Å². The van der Waals surface area contributed by atoms with E-state index in [1.807, 2.05) is 19.1 Å². The number of hydrogen-bond donors (Lipinski definition) is 2. The SMILES string of the molecule is CCc1ccc(N2C(=O)SC(CC(=O)Nc3ccc(O)cc3C)C2=O)cc1. The van der Waals surface area contributed by atoms with Gasteiger partial charge in [0.15, 0.2) is 0 Å². The Bertz CT molecular complexity index is 895. The van der Waals surface area contributed by atoms with Crippen molar-refractivity contribution in [3.05, 3.63) is 53.6 Å². The van der Waals surface area contributed by atoms with Crippen molar-refractivity contribution in [3.8, 4) is 5.75 Å². The van der Waals surface area contributed by atoms with Crippen molar-refractivity contribution in [2.75, 3.05) is 10.2 Å². The predicted octanol–water partition coefficient (Wildman–Crippen LogP) is 3.86. The van der Waals surface area contributed by atoms with Gasteiger partial charge in [0, 0.05) is 12.1 Å². The molecule has 1 unspecified atom stereocenters. The fourth-order valence-electron chi connectivity index (χ4n) is 2.86. The van der Waals surface area contributed by atoms with Crippen LogP contribution in [0.2, 0.25) is 0 Å². The highest BCUT2D eigenvalue weighted by Gasteiger charge is 2.41. The van der Waals surface area contributed by atoms with Gasteiger partial charge in [0.05, 0.1) is 5.69 Å². The van der Waals surface area contributed by atoms with Crippen LogP contribution in [0.25, 0.3) is 0 Å². The molecule has 0 aromatic heterocycles. The molecule has 27 heavy (non-hydrogen) atoms. The standard InChI is InChI=1S/C20H20N2O4S/c1-3-13-4-6-14(7-5-13)22-19(25)17(27-20(22)26)11-18(24)21-16-9-8-15(23)10-12(16)2/h4-10,17,23H,3,11H2,1-2H3,(H,21,24). The number of thioether (sulfide) groups is 1. The van der Waals surface area contributed by atoms with Crippen LogP contribution in [0.4, 0.5) is 16.2 Å². The first-order valence-electron chi connectivity index (χ1n) is 8.62. The number of carbonyl (C=O) groups is 3. The predicted molar refractivity (Wildman–Crippen MR) is 106 cm³/mol. The van der Waals surface area contributed by atoms with E-state index in [9.17, 15) is 19.5 Å². The largest absolute Gasteiger partial charge is 0.508 e. The first-order chi connectivity index (χ1) is 12.9. The van der Waals surface area contributed by atoms with Crippen molar-refractivity contribution in [2.45, 2.75) is 31.9 Å². The second-order valence-electron chi connectivity index (χ2n) is 6.32. The number of anilines is 2. The molecular formula is C20H20N2O4S. The molecule has 0 bridgehead atoms. The van der Waals surface area contributed by atoms with Gasteiger partial charge in [-0.25, -0.2) is 4.90 Å². The lowest BCUT2D eigenvalue weighted by Crippen LogP contribution is -2.33. The molecule has 1 atom stereocenters. The van der Waals surface area contributed by atoms with Crippen molar-refractivity contribution in [2.24, 2.45) is 0 Å². The molecule has 1 saturated heterocycles. The van der Waals surface area contributed by atoms with E-state index < -0.39 is 5.25 Å². The number of benzene rings is 2. The molecule has 1 aliphatic rings. The Labute approximate surface area is 161 Å². The van der Waals surface area contributed by atoms with Gasteiger partial charge in [-0.05, 0) is 66.6 Å². The monoisotopic (exact) mass is 384 g/mol. The van der Waals surface area contributed by atoms with Crippen molar-refractivity contribution in [3.63, 3.8) is 0 Å². The molecule has 3 amide bonds. The number of rotatable bonds is 5. The average molecular weight is 384 g/mol. The fourth-order valence-corrected chi connectivity index (χ4v) is 3.84. The van der Waals surface area contributed by atoms with Gasteiger partial charge in [0.1, 0.15) is 11.0 Å². The quantitative estimate of drug-likeness (QED) is 0.765. The van der Waals surface area contributed by atoms with E-state index in [1.54, 1.807) is 25.1 Å². The van der Waals surface area contributed by atoms with Crippen LogP contribution >= 0.6 is 11.8 Å². The lowest BCUT2D eigenvalue weighted by atomic mass is 10.1. The first-order valence-corrected chi connectivity index (χ1v) is 9.50. The zero-order chi connectivity index (χ0) is 19.6. The number of phenolic OH excluding ortho intramolecular Hbond substituents is 1. The summed E-state index contributed by atoms with van der Waals surface area (Å²) in [6, 6.07) is 11.9. The summed E-state index contributed by atoms with van der Waals surface area (Å²) in [5.74, 6) is -0.625. The van der Waals surface area contributed by atoms with Gasteiger partial charge in [0.25, 0.3) is 5.24 Å². The Morgan fingerprint density at radius 2 is 1.89 bits per heavy atom. The van der Waals surface area contributed by atoms with Crippen molar-refractivity contribution >= 4 is 40.2 Å². The Hall–Kier alpha value is -2.80. The lowest BCUT2D eigenvalue weighted by Gasteiger charge is -2.14. The molecule has 2 N–H and O–H groups in total. The Kier molecular flexibility index (Phi) is 5.51. The van der Waals surface area contributed by atoms with Crippen LogP contribution in [0.1, 0.15) is 24.5 Å². The van der Waals surface area contributed by atoms with E-state index in [-0.39, 0.29) is 29.2 Å². The summed E-state index contributed by atoms with van der Waals surface area (Å²) in [5, 5.41) is 11.0. The van der Waals surface area contributed by atoms with Crippen LogP contribution in [0.5, 0.6) is 5.75 Å². The van der Waals surface area contributed by atoms with Crippen LogP contribution in [-0.4, -0.2) is 27.4 Å². The average Bonchev–Trinajstić information content (AvgIpc) is 2.91. The summed E-state index contributed by atoms with van der Waals surface area (Å²) in [7, 11) is 0. The van der Waals surface area contributed by atoms with Gasteiger partial charge in [-0.15, -0.1) is 0 Å². The van der Waals surface area contributed by atoms with Gasteiger partial charge < -0.3 is 10.4 Å². The molecule has 0 saturated carbocycles. The van der Waals surface area contributed by atoms with E-state index >= 15 is 0 Å². The zero-order valence-electron chi connectivity index (χ0n) is 15.1. The van der Waals surface area contributed by atoms with E-state index in [4.69, 9.17) is 0 Å². The summed E-state index contributed by atoms with van der Waals surface area (Å²) in [6.07, 6.45) is 0.773. The number of hydrogen-bond acceptors (Lipinski definition) is 5. The molecule has 7 heteroatoms. The second-order valence-corrected chi connectivity index (χ2v) is 7.47. The third-order valence-electron chi connectivity index (χ3n) is 4.38. The first kappa shape index (κ1) is 19.0. The van der Waals surface area contributed by atoms with Crippen molar-refractivity contribution in [1.29, 1.82) is 0 Å². The number of imide groups is 1. The number of carbonyl (C=O) groups excluding carboxylic acids is 3. The fraction of sp³-hybridized carbons (Fsp3) is 0.250. The molecule has 0 aliphatic carbocycles. The Balaban J connectivity index is 1.68. The van der Waals surface area contributed by atoms with Gasteiger partial charge in [-0.1, -0.05) is 19.1 Å². The number of nitrogens with zero attached hydrogens (tertiary/aromatic N) is 1. The summed E-state index contributed by atoms with van der Waals surface area (Å²) < 4.78 is 0. The zero-order valence-corrected chi connectivity index (χ0v) is 15.9. The molecule has 0 spiro atoms. The molecule has 6 nitrogen and oxygen atoms in total. The molecule has 2 aromatic carbocycles. The van der Waals surface area contributed by atoms with E-state index in [2.05, 4.69) is 5.32 Å². The third-order valence-corrected chi connectivity index (χ3v) is 5.42. The summed E-state index contributed by atoms with van der Waals surface area (Å²) in [6.45, 7) is 3.79. The maximum Gasteiger partial charge on any atom is 0.293 e. The number of nitrogens with one attached hydrogen (secondary N) is 1. The molecule has 0 radical (unpaired) electrons. The van der Waals surface area contributed by atoms with E-state index in [1.165, 1.54) is 12.1 Å². The highest BCUT2D eigenvalue weighted by molar-refractivity contribution is 8.15. The third kappa shape index (κ3) is 4.14. The van der Waals surface area contributed by atoms with Crippen molar-refractivity contribution < 1.29 is 19.5 Å². The second kappa shape index (κ2) is 7.84. The minimum Gasteiger partial charge on any atom is -0.508 e. The highest BCUT2D eigenvalue weighted by atomic mass is 32.2. The van der Waals surface area contributed by atoms with Crippen LogP contribution in [-0.2, 0) is 16.0 Å².